The van der Waals surface area contributed by atoms with Crippen LogP contribution in [-0.4, -0.2) is 54.1 Å². The molecule has 4 rings (SSSR count). The van der Waals surface area contributed by atoms with Gasteiger partial charge in [-0.25, -0.2) is 0 Å². The van der Waals surface area contributed by atoms with E-state index in [-0.39, 0.29) is 5.92 Å². The van der Waals surface area contributed by atoms with Gasteiger partial charge in [0.05, 0.1) is 12.0 Å². The number of amides is 1. The first-order valence-electron chi connectivity index (χ1n) is 9.99. The summed E-state index contributed by atoms with van der Waals surface area (Å²) in [6, 6.07) is 11.6. The van der Waals surface area contributed by atoms with E-state index in [0.29, 0.717) is 24.1 Å². The van der Waals surface area contributed by atoms with Crippen molar-refractivity contribution in [1.82, 2.24) is 9.80 Å². The first-order valence-corrected chi connectivity index (χ1v) is 9.99. The van der Waals surface area contributed by atoms with Gasteiger partial charge < -0.3 is 9.64 Å². The van der Waals surface area contributed by atoms with Gasteiger partial charge in [0.25, 0.3) is 0 Å². The normalized spacial score (nSPS) is 30.6. The van der Waals surface area contributed by atoms with Crippen LogP contribution >= 0.6 is 0 Å². The zero-order valence-corrected chi connectivity index (χ0v) is 15.3. The number of carbonyl (C=O) groups is 1. The molecule has 0 aliphatic carbocycles. The molecule has 0 radical (unpaired) electrons. The molecule has 3 fully saturated rings. The van der Waals surface area contributed by atoms with Gasteiger partial charge in [-0.05, 0) is 51.1 Å². The minimum atomic E-state index is 0.177. The lowest BCUT2D eigenvalue weighted by atomic mass is 9.92. The number of hydrogen-bond donors (Lipinski definition) is 0. The maximum atomic E-state index is 13.2. The van der Waals surface area contributed by atoms with Crippen molar-refractivity contribution >= 4 is 5.91 Å². The molecule has 3 atom stereocenters. The standard InChI is InChI=1S/C21H30N2O2/c1-2-25-17-10-13-22(14-11-17)21(24)18-15-20(16-7-4-3-5-8-16)23-12-6-9-19(18)23/h3-5,7-8,17-20H,2,6,9-15H2,1H3/t18-,19+,20-/m1/s1. The molecule has 0 spiro atoms. The molecule has 3 aliphatic heterocycles. The molecule has 3 heterocycles. The third-order valence-electron chi connectivity index (χ3n) is 6.34. The van der Waals surface area contributed by atoms with Crippen molar-refractivity contribution in [2.24, 2.45) is 5.92 Å². The molecule has 0 unspecified atom stereocenters. The second-order valence-corrected chi connectivity index (χ2v) is 7.70. The minimum absolute atomic E-state index is 0.177. The first-order chi connectivity index (χ1) is 12.3. The molecule has 3 saturated heterocycles. The average molecular weight is 342 g/mol. The molecule has 1 aromatic rings. The third kappa shape index (κ3) is 3.34. The molecule has 0 N–H and O–H groups in total. The molecule has 1 amide bonds. The summed E-state index contributed by atoms with van der Waals surface area (Å²) < 4.78 is 5.73. The molecule has 0 bridgehead atoms. The predicted molar refractivity (Wildman–Crippen MR) is 98.2 cm³/mol. The third-order valence-corrected chi connectivity index (χ3v) is 6.34. The van der Waals surface area contributed by atoms with Crippen molar-refractivity contribution in [3.63, 3.8) is 0 Å². The number of piperidine rings is 1. The number of benzene rings is 1. The number of ether oxygens (including phenoxy) is 1. The second-order valence-electron chi connectivity index (χ2n) is 7.70. The number of hydrogen-bond acceptors (Lipinski definition) is 3. The Morgan fingerprint density at radius 2 is 1.88 bits per heavy atom. The van der Waals surface area contributed by atoms with E-state index in [1.165, 1.54) is 18.4 Å². The molecule has 4 heteroatoms. The van der Waals surface area contributed by atoms with Crippen LogP contribution in [0.1, 0.15) is 50.6 Å². The Bertz CT molecular complexity index is 583. The highest BCUT2D eigenvalue weighted by Gasteiger charge is 2.48. The van der Waals surface area contributed by atoms with E-state index < -0.39 is 0 Å². The van der Waals surface area contributed by atoms with Crippen LogP contribution in [-0.2, 0) is 9.53 Å². The Balaban J connectivity index is 1.44. The van der Waals surface area contributed by atoms with E-state index >= 15 is 0 Å². The Kier molecular flexibility index (Phi) is 5.09. The molecular weight excluding hydrogens is 312 g/mol. The van der Waals surface area contributed by atoms with Gasteiger partial charge >= 0.3 is 0 Å². The summed E-state index contributed by atoms with van der Waals surface area (Å²) in [7, 11) is 0. The number of rotatable bonds is 4. The molecule has 4 nitrogen and oxygen atoms in total. The SMILES string of the molecule is CCOC1CCN(C(=O)[C@@H]2C[C@H](c3ccccc3)N3CCC[C@@H]23)CC1. The molecule has 3 aliphatic rings. The summed E-state index contributed by atoms with van der Waals surface area (Å²) in [5.74, 6) is 0.571. The van der Waals surface area contributed by atoms with E-state index in [4.69, 9.17) is 4.74 Å². The topological polar surface area (TPSA) is 32.8 Å². The largest absolute Gasteiger partial charge is 0.378 e. The highest BCUT2D eigenvalue weighted by Crippen LogP contribution is 2.45. The Morgan fingerprint density at radius 3 is 2.60 bits per heavy atom. The van der Waals surface area contributed by atoms with Crippen LogP contribution in [0.5, 0.6) is 0 Å². The monoisotopic (exact) mass is 342 g/mol. The Labute approximate surface area is 151 Å². The van der Waals surface area contributed by atoms with Crippen LogP contribution < -0.4 is 0 Å². The quantitative estimate of drug-likeness (QED) is 0.842. The molecule has 0 saturated carbocycles. The maximum Gasteiger partial charge on any atom is 0.227 e. The van der Waals surface area contributed by atoms with Gasteiger partial charge in [-0.3, -0.25) is 9.69 Å². The number of fused-ring (bicyclic) bond motifs is 1. The van der Waals surface area contributed by atoms with Gasteiger partial charge in [0.15, 0.2) is 0 Å². The fourth-order valence-electron chi connectivity index (χ4n) is 5.15. The molecular formula is C21H30N2O2. The molecule has 1 aromatic carbocycles. The van der Waals surface area contributed by atoms with Gasteiger partial charge in [-0.1, -0.05) is 30.3 Å². The average Bonchev–Trinajstić information content (AvgIpc) is 3.25. The fourth-order valence-corrected chi connectivity index (χ4v) is 5.15. The van der Waals surface area contributed by atoms with Crippen molar-refractivity contribution in [3.8, 4) is 0 Å². The number of likely N-dealkylation sites (tertiary alicyclic amines) is 1. The lowest BCUT2D eigenvalue weighted by molar-refractivity contribution is -0.138. The van der Waals surface area contributed by atoms with Crippen molar-refractivity contribution in [2.75, 3.05) is 26.2 Å². The Hall–Kier alpha value is -1.39. The van der Waals surface area contributed by atoms with E-state index in [2.05, 4.69) is 47.1 Å². The van der Waals surface area contributed by atoms with Gasteiger partial charge in [0, 0.05) is 31.8 Å². The molecule has 25 heavy (non-hydrogen) atoms. The highest BCUT2D eigenvalue weighted by molar-refractivity contribution is 5.80. The Morgan fingerprint density at radius 1 is 1.12 bits per heavy atom. The van der Waals surface area contributed by atoms with Crippen molar-refractivity contribution in [3.05, 3.63) is 35.9 Å². The highest BCUT2D eigenvalue weighted by atomic mass is 16.5. The van der Waals surface area contributed by atoms with Gasteiger partial charge in [-0.2, -0.15) is 0 Å². The lowest BCUT2D eigenvalue weighted by Gasteiger charge is -2.34. The van der Waals surface area contributed by atoms with Crippen molar-refractivity contribution < 1.29 is 9.53 Å². The summed E-state index contributed by atoms with van der Waals surface area (Å²) in [5, 5.41) is 0. The molecule has 136 valence electrons. The molecule has 0 aromatic heterocycles. The summed E-state index contributed by atoms with van der Waals surface area (Å²) >= 11 is 0. The van der Waals surface area contributed by atoms with Crippen LogP contribution in [0.3, 0.4) is 0 Å². The van der Waals surface area contributed by atoms with Crippen LogP contribution in [0.2, 0.25) is 0 Å². The fraction of sp³-hybridized carbons (Fsp3) is 0.667. The van der Waals surface area contributed by atoms with Crippen LogP contribution in [0.15, 0.2) is 30.3 Å². The van der Waals surface area contributed by atoms with Crippen molar-refractivity contribution in [1.29, 1.82) is 0 Å². The summed E-state index contributed by atoms with van der Waals surface area (Å²) in [6.07, 6.45) is 5.71. The van der Waals surface area contributed by atoms with Gasteiger partial charge in [-0.15, -0.1) is 0 Å². The van der Waals surface area contributed by atoms with Crippen molar-refractivity contribution in [2.45, 2.75) is 57.2 Å². The van der Waals surface area contributed by atoms with Gasteiger partial charge in [0.2, 0.25) is 5.91 Å². The number of carbonyl (C=O) groups excluding carboxylic acids is 1. The first kappa shape index (κ1) is 17.0. The van der Waals surface area contributed by atoms with Gasteiger partial charge in [0.1, 0.15) is 0 Å². The minimum Gasteiger partial charge on any atom is -0.378 e. The summed E-state index contributed by atoms with van der Waals surface area (Å²) in [6.45, 7) is 5.69. The zero-order chi connectivity index (χ0) is 17.2. The summed E-state index contributed by atoms with van der Waals surface area (Å²) in [5.41, 5.74) is 1.37. The zero-order valence-electron chi connectivity index (χ0n) is 15.3. The smallest absolute Gasteiger partial charge is 0.227 e. The van der Waals surface area contributed by atoms with E-state index in [0.717, 1.165) is 45.5 Å². The van der Waals surface area contributed by atoms with E-state index in [1.54, 1.807) is 0 Å². The van der Waals surface area contributed by atoms with Crippen LogP contribution in [0.25, 0.3) is 0 Å². The number of nitrogens with zero attached hydrogens (tertiary/aromatic N) is 2. The maximum absolute atomic E-state index is 13.2. The predicted octanol–water partition coefficient (Wildman–Crippen LogP) is 3.24. The van der Waals surface area contributed by atoms with E-state index in [1.807, 2.05) is 0 Å². The van der Waals surface area contributed by atoms with E-state index in [9.17, 15) is 4.79 Å². The van der Waals surface area contributed by atoms with Crippen LogP contribution in [0.4, 0.5) is 0 Å². The second kappa shape index (κ2) is 7.46. The summed E-state index contributed by atoms with van der Waals surface area (Å²) in [4.78, 5) is 18.0. The lowest BCUT2D eigenvalue weighted by Crippen LogP contribution is -2.45. The van der Waals surface area contributed by atoms with Crippen LogP contribution in [0, 0.1) is 5.92 Å².